The van der Waals surface area contributed by atoms with E-state index >= 15 is 0 Å². The molecule has 0 radical (unpaired) electrons. The minimum absolute atomic E-state index is 0.241. The van der Waals surface area contributed by atoms with E-state index in [1.54, 1.807) is 7.11 Å². The van der Waals surface area contributed by atoms with Gasteiger partial charge in [0.1, 0.15) is 5.75 Å². The van der Waals surface area contributed by atoms with Crippen molar-refractivity contribution < 1.29 is 18.3 Å². The Hall–Kier alpha value is -1.89. The summed E-state index contributed by atoms with van der Waals surface area (Å²) in [5.41, 5.74) is 2.89. The van der Waals surface area contributed by atoms with E-state index in [4.69, 9.17) is 4.74 Å². The van der Waals surface area contributed by atoms with E-state index in [0.29, 0.717) is 0 Å². The highest BCUT2D eigenvalue weighted by Gasteiger charge is 2.28. The second kappa shape index (κ2) is 8.47. The van der Waals surface area contributed by atoms with Gasteiger partial charge in [-0.1, -0.05) is 42.0 Å². The summed E-state index contributed by atoms with van der Waals surface area (Å²) in [4.78, 5) is 0. The molecule has 2 rings (SSSR count). The second-order valence-electron chi connectivity index (χ2n) is 6.14. The van der Waals surface area contributed by atoms with Gasteiger partial charge in [-0.25, -0.2) is 8.42 Å². The highest BCUT2D eigenvalue weighted by molar-refractivity contribution is 7.89. The van der Waals surface area contributed by atoms with Crippen molar-refractivity contribution >= 4 is 10.0 Å². The van der Waals surface area contributed by atoms with Gasteiger partial charge in [0.15, 0.2) is 0 Å². The van der Waals surface area contributed by atoms with Gasteiger partial charge in [-0.2, -0.15) is 4.31 Å². The number of aryl methyl sites for hydroxylation is 1. The van der Waals surface area contributed by atoms with E-state index < -0.39 is 21.9 Å². The standard InChI is InChI=1S/C19H25NO4S/c1-15-4-6-17(7-5-15)12-20(25(22,23)16(2)14-21)13-18-8-10-19(24-3)11-9-18/h4-11,16,21H,12-14H2,1-3H3/t16-/m1/s1. The minimum atomic E-state index is -3.62. The third-order valence-corrected chi connectivity index (χ3v) is 6.27. The number of aliphatic hydroxyl groups is 1. The van der Waals surface area contributed by atoms with Crippen molar-refractivity contribution in [1.82, 2.24) is 4.31 Å². The number of hydrogen-bond donors (Lipinski definition) is 1. The molecule has 136 valence electrons. The third kappa shape index (κ3) is 5.04. The van der Waals surface area contributed by atoms with Crippen LogP contribution < -0.4 is 4.74 Å². The van der Waals surface area contributed by atoms with Gasteiger partial charge in [-0.05, 0) is 37.1 Å². The maximum atomic E-state index is 12.8. The molecule has 0 fully saturated rings. The fourth-order valence-electron chi connectivity index (χ4n) is 2.42. The molecule has 25 heavy (non-hydrogen) atoms. The van der Waals surface area contributed by atoms with Crippen molar-refractivity contribution in [3.05, 3.63) is 65.2 Å². The smallest absolute Gasteiger partial charge is 0.219 e. The van der Waals surface area contributed by atoms with Crippen molar-refractivity contribution in [2.45, 2.75) is 32.2 Å². The first kappa shape index (κ1) is 19.4. The Kier molecular flexibility index (Phi) is 6.58. The van der Waals surface area contributed by atoms with E-state index in [-0.39, 0.29) is 13.1 Å². The molecule has 0 aromatic heterocycles. The first-order valence-electron chi connectivity index (χ1n) is 8.15. The van der Waals surface area contributed by atoms with Crippen LogP contribution in [0.25, 0.3) is 0 Å². The number of benzene rings is 2. The van der Waals surface area contributed by atoms with E-state index in [1.165, 1.54) is 11.2 Å². The number of methoxy groups -OCH3 is 1. The highest BCUT2D eigenvalue weighted by atomic mass is 32.2. The van der Waals surface area contributed by atoms with Gasteiger partial charge < -0.3 is 9.84 Å². The summed E-state index contributed by atoms with van der Waals surface area (Å²) in [5, 5.41) is 8.48. The average Bonchev–Trinajstić information content (AvgIpc) is 2.62. The monoisotopic (exact) mass is 363 g/mol. The Morgan fingerprint density at radius 2 is 1.48 bits per heavy atom. The molecule has 0 bridgehead atoms. The quantitative estimate of drug-likeness (QED) is 0.783. The van der Waals surface area contributed by atoms with Gasteiger partial charge in [0, 0.05) is 13.1 Å². The molecule has 6 heteroatoms. The summed E-state index contributed by atoms with van der Waals surface area (Å²) in [6.45, 7) is 3.61. The van der Waals surface area contributed by atoms with Crippen LogP contribution in [0.2, 0.25) is 0 Å². The highest BCUT2D eigenvalue weighted by Crippen LogP contribution is 2.20. The van der Waals surface area contributed by atoms with E-state index in [9.17, 15) is 13.5 Å². The van der Waals surface area contributed by atoms with Crippen LogP contribution in [0.1, 0.15) is 23.6 Å². The molecular formula is C19H25NO4S. The number of rotatable bonds is 8. The Balaban J connectivity index is 2.28. The van der Waals surface area contributed by atoms with E-state index in [2.05, 4.69) is 0 Å². The molecular weight excluding hydrogens is 338 g/mol. The lowest BCUT2D eigenvalue weighted by atomic mass is 10.1. The van der Waals surface area contributed by atoms with Crippen molar-refractivity contribution in [2.24, 2.45) is 0 Å². The molecule has 0 saturated carbocycles. The topological polar surface area (TPSA) is 66.8 Å². The lowest BCUT2D eigenvalue weighted by Crippen LogP contribution is -2.38. The molecule has 2 aromatic rings. The van der Waals surface area contributed by atoms with Crippen LogP contribution in [0, 0.1) is 6.92 Å². The molecule has 0 unspecified atom stereocenters. The Morgan fingerprint density at radius 1 is 1.00 bits per heavy atom. The van der Waals surface area contributed by atoms with Crippen LogP contribution in [0.4, 0.5) is 0 Å². The van der Waals surface area contributed by atoms with Gasteiger partial charge >= 0.3 is 0 Å². The third-order valence-electron chi connectivity index (χ3n) is 4.12. The zero-order chi connectivity index (χ0) is 18.4. The first-order chi connectivity index (χ1) is 11.9. The Morgan fingerprint density at radius 3 is 1.92 bits per heavy atom. The zero-order valence-electron chi connectivity index (χ0n) is 14.8. The van der Waals surface area contributed by atoms with E-state index in [1.807, 2.05) is 55.5 Å². The minimum Gasteiger partial charge on any atom is -0.497 e. The first-order valence-corrected chi connectivity index (χ1v) is 9.65. The summed E-state index contributed by atoms with van der Waals surface area (Å²) in [5.74, 6) is 0.723. The number of aliphatic hydroxyl groups excluding tert-OH is 1. The predicted octanol–water partition coefficient (Wildman–Crippen LogP) is 2.72. The van der Waals surface area contributed by atoms with Gasteiger partial charge in [0.25, 0.3) is 0 Å². The molecule has 0 heterocycles. The van der Waals surface area contributed by atoms with Gasteiger partial charge in [-0.3, -0.25) is 0 Å². The van der Waals surface area contributed by atoms with Crippen LogP contribution in [-0.4, -0.2) is 36.8 Å². The second-order valence-corrected chi connectivity index (χ2v) is 8.49. The van der Waals surface area contributed by atoms with Gasteiger partial charge in [0.2, 0.25) is 10.0 Å². The van der Waals surface area contributed by atoms with Crippen LogP contribution in [0.3, 0.4) is 0 Å². The maximum Gasteiger partial charge on any atom is 0.219 e. The normalized spacial score (nSPS) is 13.0. The molecule has 0 aliphatic heterocycles. The fraction of sp³-hybridized carbons (Fsp3) is 0.368. The molecule has 0 amide bonds. The van der Waals surface area contributed by atoms with Crippen molar-refractivity contribution in [3.8, 4) is 5.75 Å². The molecule has 0 saturated heterocycles. The summed E-state index contributed by atoms with van der Waals surface area (Å²) >= 11 is 0. The van der Waals surface area contributed by atoms with Crippen LogP contribution >= 0.6 is 0 Å². The SMILES string of the molecule is COc1ccc(CN(Cc2ccc(C)cc2)S(=O)(=O)[C@H](C)CO)cc1. The van der Waals surface area contributed by atoms with Gasteiger partial charge in [0.05, 0.1) is 19.0 Å². The predicted molar refractivity (Wildman–Crippen MR) is 98.9 cm³/mol. The molecule has 1 N–H and O–H groups in total. The van der Waals surface area contributed by atoms with Crippen LogP contribution in [0.15, 0.2) is 48.5 Å². The summed E-state index contributed by atoms with van der Waals surface area (Å²) in [6.07, 6.45) is 0. The summed E-state index contributed by atoms with van der Waals surface area (Å²) in [6, 6.07) is 15.1. The number of sulfonamides is 1. The van der Waals surface area contributed by atoms with Crippen LogP contribution in [0.5, 0.6) is 5.75 Å². The summed E-state index contributed by atoms with van der Waals surface area (Å²) < 4.78 is 32.2. The number of nitrogens with zero attached hydrogens (tertiary/aromatic N) is 1. The molecule has 1 atom stereocenters. The lowest BCUT2D eigenvalue weighted by Gasteiger charge is -2.25. The molecule has 0 spiro atoms. The van der Waals surface area contributed by atoms with Crippen LogP contribution in [-0.2, 0) is 23.1 Å². The zero-order valence-corrected chi connectivity index (χ0v) is 15.7. The largest absolute Gasteiger partial charge is 0.497 e. The fourth-order valence-corrected chi connectivity index (χ4v) is 3.77. The summed E-state index contributed by atoms with van der Waals surface area (Å²) in [7, 11) is -2.03. The Labute approximate surface area is 149 Å². The van der Waals surface area contributed by atoms with Gasteiger partial charge in [-0.15, -0.1) is 0 Å². The lowest BCUT2D eigenvalue weighted by molar-refractivity contribution is 0.287. The van der Waals surface area contributed by atoms with Crippen molar-refractivity contribution in [1.29, 1.82) is 0 Å². The molecule has 5 nitrogen and oxygen atoms in total. The average molecular weight is 363 g/mol. The Bertz CT molecular complexity index is 770. The number of hydrogen-bond acceptors (Lipinski definition) is 4. The molecule has 0 aliphatic rings. The van der Waals surface area contributed by atoms with E-state index in [0.717, 1.165) is 22.4 Å². The number of ether oxygens (including phenoxy) is 1. The molecule has 2 aromatic carbocycles. The maximum absolute atomic E-state index is 12.8. The van der Waals surface area contributed by atoms with Crippen molar-refractivity contribution in [3.63, 3.8) is 0 Å². The van der Waals surface area contributed by atoms with Crippen molar-refractivity contribution in [2.75, 3.05) is 13.7 Å². The molecule has 0 aliphatic carbocycles.